The van der Waals surface area contributed by atoms with E-state index in [2.05, 4.69) is 4.74 Å². The van der Waals surface area contributed by atoms with Crippen LogP contribution in [0.5, 0.6) is 0 Å². The average molecular weight is 174 g/mol. The summed E-state index contributed by atoms with van der Waals surface area (Å²) in [6, 6.07) is 0. The molecule has 0 amide bonds. The summed E-state index contributed by atoms with van der Waals surface area (Å²) in [6.07, 6.45) is 5.65. The lowest BCUT2D eigenvalue weighted by Crippen LogP contribution is -1.92. The van der Waals surface area contributed by atoms with Crippen LogP contribution in [0.2, 0.25) is 0 Å². The van der Waals surface area contributed by atoms with E-state index in [4.69, 9.17) is 4.74 Å². The molecule has 3 heteroatoms. The van der Waals surface area contributed by atoms with Crippen molar-refractivity contribution < 1.29 is 14.3 Å². The van der Waals surface area contributed by atoms with Crippen LogP contribution in [0.25, 0.3) is 0 Å². The standard InChI is InChI=1S/C9H18O3/c1-11-7-5-3-2-4-6-8-12-9-10/h9H,2-8H2,1H3. The van der Waals surface area contributed by atoms with Crippen molar-refractivity contribution in [3.05, 3.63) is 0 Å². The van der Waals surface area contributed by atoms with Crippen molar-refractivity contribution in [2.24, 2.45) is 0 Å². The summed E-state index contributed by atoms with van der Waals surface area (Å²) in [4.78, 5) is 9.74. The molecule has 0 saturated carbocycles. The first-order valence-electron chi connectivity index (χ1n) is 4.46. The minimum Gasteiger partial charge on any atom is -0.468 e. The maximum absolute atomic E-state index is 9.74. The van der Waals surface area contributed by atoms with Crippen LogP contribution >= 0.6 is 0 Å². The smallest absolute Gasteiger partial charge is 0.293 e. The van der Waals surface area contributed by atoms with Crippen LogP contribution in [0.4, 0.5) is 0 Å². The highest BCUT2D eigenvalue weighted by atomic mass is 16.5. The Bertz CT molecular complexity index is 93.8. The summed E-state index contributed by atoms with van der Waals surface area (Å²) in [5.41, 5.74) is 0. The third-order valence-corrected chi connectivity index (χ3v) is 1.68. The highest BCUT2D eigenvalue weighted by Crippen LogP contribution is 2.02. The quantitative estimate of drug-likeness (QED) is 0.394. The molecule has 0 aromatic rings. The van der Waals surface area contributed by atoms with Crippen LogP contribution in [0.15, 0.2) is 0 Å². The molecule has 12 heavy (non-hydrogen) atoms. The summed E-state index contributed by atoms with van der Waals surface area (Å²) in [5.74, 6) is 0. The number of hydrogen-bond donors (Lipinski definition) is 0. The van der Waals surface area contributed by atoms with E-state index >= 15 is 0 Å². The molecule has 0 spiro atoms. The number of unbranched alkanes of at least 4 members (excludes halogenated alkanes) is 4. The molecule has 0 aromatic heterocycles. The zero-order valence-corrected chi connectivity index (χ0v) is 7.75. The van der Waals surface area contributed by atoms with Gasteiger partial charge in [-0.3, -0.25) is 4.79 Å². The predicted octanol–water partition coefficient (Wildman–Crippen LogP) is 1.76. The first-order valence-corrected chi connectivity index (χ1v) is 4.46. The lowest BCUT2D eigenvalue weighted by molar-refractivity contribution is -0.128. The largest absolute Gasteiger partial charge is 0.468 e. The third-order valence-electron chi connectivity index (χ3n) is 1.68. The van der Waals surface area contributed by atoms with Crippen LogP contribution in [-0.4, -0.2) is 26.8 Å². The van der Waals surface area contributed by atoms with Crippen molar-refractivity contribution in [1.82, 2.24) is 0 Å². The van der Waals surface area contributed by atoms with Gasteiger partial charge in [0.15, 0.2) is 0 Å². The number of rotatable bonds is 9. The van der Waals surface area contributed by atoms with Crippen LogP contribution < -0.4 is 0 Å². The molecule has 0 N–H and O–H groups in total. The van der Waals surface area contributed by atoms with Gasteiger partial charge in [0, 0.05) is 13.7 Å². The van der Waals surface area contributed by atoms with Crippen molar-refractivity contribution in [1.29, 1.82) is 0 Å². The van der Waals surface area contributed by atoms with Crippen molar-refractivity contribution in [3.8, 4) is 0 Å². The zero-order chi connectivity index (χ0) is 9.07. The lowest BCUT2D eigenvalue weighted by atomic mass is 10.1. The van der Waals surface area contributed by atoms with Gasteiger partial charge in [0.25, 0.3) is 6.47 Å². The van der Waals surface area contributed by atoms with E-state index in [-0.39, 0.29) is 0 Å². The second-order valence-corrected chi connectivity index (χ2v) is 2.73. The topological polar surface area (TPSA) is 35.5 Å². The fourth-order valence-corrected chi connectivity index (χ4v) is 1.01. The summed E-state index contributed by atoms with van der Waals surface area (Å²) < 4.78 is 9.47. The first-order chi connectivity index (χ1) is 5.91. The Balaban J connectivity index is 2.77. The van der Waals surface area contributed by atoms with Crippen LogP contribution in [0.3, 0.4) is 0 Å². The second kappa shape index (κ2) is 10.4. The number of hydrogen-bond acceptors (Lipinski definition) is 3. The lowest BCUT2D eigenvalue weighted by Gasteiger charge is -2.00. The van der Waals surface area contributed by atoms with Crippen molar-refractivity contribution in [2.45, 2.75) is 32.1 Å². The molecule has 0 saturated heterocycles. The molecule has 0 aliphatic carbocycles. The Morgan fingerprint density at radius 2 is 1.58 bits per heavy atom. The fourth-order valence-electron chi connectivity index (χ4n) is 1.01. The second-order valence-electron chi connectivity index (χ2n) is 2.73. The minimum atomic E-state index is 0.505. The van der Waals surface area contributed by atoms with Gasteiger partial charge in [0.1, 0.15) is 0 Å². The molecule has 0 rings (SSSR count). The fraction of sp³-hybridized carbons (Fsp3) is 0.889. The number of carbonyl (C=O) groups is 1. The van der Waals surface area contributed by atoms with Crippen molar-refractivity contribution >= 4 is 6.47 Å². The predicted molar refractivity (Wildman–Crippen MR) is 47.0 cm³/mol. The Hall–Kier alpha value is -0.570. The minimum absolute atomic E-state index is 0.505. The van der Waals surface area contributed by atoms with Crippen molar-refractivity contribution in [3.63, 3.8) is 0 Å². The Kier molecular flexibility index (Phi) is 9.93. The Morgan fingerprint density at radius 1 is 1.00 bits per heavy atom. The van der Waals surface area contributed by atoms with Gasteiger partial charge >= 0.3 is 0 Å². The van der Waals surface area contributed by atoms with E-state index in [0.29, 0.717) is 13.1 Å². The van der Waals surface area contributed by atoms with Crippen LogP contribution in [0, 0.1) is 0 Å². The monoisotopic (exact) mass is 174 g/mol. The van der Waals surface area contributed by atoms with Crippen LogP contribution in [0.1, 0.15) is 32.1 Å². The summed E-state index contributed by atoms with van der Waals surface area (Å²) in [5, 5.41) is 0. The van der Waals surface area contributed by atoms with E-state index < -0.39 is 0 Å². The molecule has 0 fully saturated rings. The molecule has 72 valence electrons. The number of carbonyl (C=O) groups excluding carboxylic acids is 1. The summed E-state index contributed by atoms with van der Waals surface area (Å²) >= 11 is 0. The molecule has 0 aliphatic heterocycles. The van der Waals surface area contributed by atoms with Gasteiger partial charge in [-0.05, 0) is 12.8 Å². The molecule has 0 atom stereocenters. The molecule has 0 radical (unpaired) electrons. The van der Waals surface area contributed by atoms with Gasteiger partial charge in [-0.15, -0.1) is 0 Å². The molecular formula is C9H18O3. The normalized spacial score (nSPS) is 9.75. The highest BCUT2D eigenvalue weighted by molar-refractivity contribution is 5.36. The van der Waals surface area contributed by atoms with E-state index in [1.165, 1.54) is 12.8 Å². The average Bonchev–Trinajstić information content (AvgIpc) is 2.10. The zero-order valence-electron chi connectivity index (χ0n) is 7.75. The van der Waals surface area contributed by atoms with Gasteiger partial charge < -0.3 is 9.47 Å². The van der Waals surface area contributed by atoms with Crippen molar-refractivity contribution in [2.75, 3.05) is 20.3 Å². The maximum atomic E-state index is 9.74. The Labute approximate surface area is 74.0 Å². The molecule has 3 nitrogen and oxygen atoms in total. The van der Waals surface area contributed by atoms with E-state index in [1.54, 1.807) is 7.11 Å². The SMILES string of the molecule is COCCCCCCCOC=O. The first kappa shape index (κ1) is 11.4. The van der Waals surface area contributed by atoms with Gasteiger partial charge in [0.2, 0.25) is 0 Å². The van der Waals surface area contributed by atoms with E-state index in [0.717, 1.165) is 25.9 Å². The van der Waals surface area contributed by atoms with Gasteiger partial charge in [-0.2, -0.15) is 0 Å². The third kappa shape index (κ3) is 9.43. The number of ether oxygens (including phenoxy) is 2. The van der Waals surface area contributed by atoms with Gasteiger partial charge in [0.05, 0.1) is 6.61 Å². The van der Waals surface area contributed by atoms with Gasteiger partial charge in [-0.1, -0.05) is 19.3 Å². The molecule has 0 bridgehead atoms. The summed E-state index contributed by atoms with van der Waals surface area (Å²) in [7, 11) is 1.72. The van der Waals surface area contributed by atoms with Gasteiger partial charge in [-0.25, -0.2) is 0 Å². The van der Waals surface area contributed by atoms with E-state index in [1.807, 2.05) is 0 Å². The molecular weight excluding hydrogens is 156 g/mol. The maximum Gasteiger partial charge on any atom is 0.293 e. The molecule has 0 heterocycles. The number of methoxy groups -OCH3 is 1. The molecule has 0 unspecified atom stereocenters. The molecule has 0 aliphatic rings. The highest BCUT2D eigenvalue weighted by Gasteiger charge is 1.90. The Morgan fingerprint density at radius 3 is 2.17 bits per heavy atom. The molecule has 0 aromatic carbocycles. The van der Waals surface area contributed by atoms with Crippen LogP contribution in [-0.2, 0) is 14.3 Å². The van der Waals surface area contributed by atoms with E-state index in [9.17, 15) is 4.79 Å². The summed E-state index contributed by atoms with van der Waals surface area (Å²) in [6.45, 7) is 1.92.